The summed E-state index contributed by atoms with van der Waals surface area (Å²) in [5, 5.41) is 13.4. The minimum atomic E-state index is -0.939. The molecule has 0 aromatic carbocycles. The molecule has 0 bridgehead atoms. The quantitative estimate of drug-likeness (QED) is 0.130. The van der Waals surface area contributed by atoms with Crippen LogP contribution < -0.4 is 61.8 Å². The molecule has 1 N–H and O–H groups in total. The number of nitrogens with one attached hydrogen (secondary N) is 1. The Hall–Kier alpha value is -1.51. The summed E-state index contributed by atoms with van der Waals surface area (Å²) in [7, 11) is 0. The zero-order chi connectivity index (χ0) is 30.1. The Bertz CT molecular complexity index is 959. The maximum absolute atomic E-state index is 12.0. The zero-order valence-corrected chi connectivity index (χ0v) is 29.8. The number of aliphatic carboxylic acids is 1. The van der Waals surface area contributed by atoms with Gasteiger partial charge < -0.3 is 20.1 Å². The first-order valence-electron chi connectivity index (χ1n) is 16.4. The Balaban J connectivity index is 0.00000924. The monoisotopic (exact) mass is 616 g/mol. The molecule has 2 rings (SSSR count). The van der Waals surface area contributed by atoms with Crippen molar-refractivity contribution in [3.05, 3.63) is 72.2 Å². The summed E-state index contributed by atoms with van der Waals surface area (Å²) >= 11 is 0. The molecule has 0 fully saturated rings. The van der Waals surface area contributed by atoms with Crippen molar-refractivity contribution in [2.75, 3.05) is 13.1 Å². The molecule has 1 heterocycles. The number of carboxylic acids is 1. The third kappa shape index (κ3) is 22.6. The third-order valence-electron chi connectivity index (χ3n) is 7.72. The zero-order valence-electron chi connectivity index (χ0n) is 26.7. The van der Waals surface area contributed by atoms with Gasteiger partial charge in [-0.25, -0.2) is 0 Å². The molecule has 1 amide bonds. The number of ketones is 1. The van der Waals surface area contributed by atoms with E-state index in [0.29, 0.717) is 6.42 Å². The van der Waals surface area contributed by atoms with Crippen LogP contribution in [0.3, 0.4) is 0 Å². The van der Waals surface area contributed by atoms with E-state index in [9.17, 15) is 19.5 Å². The molecule has 0 saturated heterocycles. The molecule has 0 spiro atoms. The van der Waals surface area contributed by atoms with E-state index in [1.807, 2.05) is 18.2 Å². The second kappa shape index (κ2) is 26.9. The molecule has 2 aliphatic rings. The minimum absolute atomic E-state index is 0. The van der Waals surface area contributed by atoms with Crippen LogP contribution in [0.1, 0.15) is 122 Å². The number of carbonyl (C=O) groups is 3. The molecule has 0 aromatic rings. The molecule has 0 aromatic heterocycles. The molecule has 0 saturated carbocycles. The maximum Gasteiger partial charge on any atom is 1.00 e. The van der Waals surface area contributed by atoms with Gasteiger partial charge in [-0.2, -0.15) is 0 Å². The normalized spacial score (nSPS) is 13.8. The van der Waals surface area contributed by atoms with Gasteiger partial charge in [0, 0.05) is 37.9 Å². The number of hydrogen-bond acceptors (Lipinski definition) is 5. The maximum atomic E-state index is 12.0. The number of unbranched alkanes of at least 4 members (excludes halogenated alkanes) is 15. The molecule has 1 aliphatic carbocycles. The van der Waals surface area contributed by atoms with E-state index in [1.165, 1.54) is 64.2 Å². The summed E-state index contributed by atoms with van der Waals surface area (Å²) in [4.78, 5) is 35.8. The second-order valence-corrected chi connectivity index (χ2v) is 11.5. The summed E-state index contributed by atoms with van der Waals surface area (Å²) in [6.45, 7) is 1.83. The molecular weight excluding hydrogens is 564 g/mol. The predicted octanol–water partition coefficient (Wildman–Crippen LogP) is 4.16. The first-order valence-corrected chi connectivity index (χ1v) is 16.4. The predicted molar refractivity (Wildman–Crippen MR) is 170 cm³/mol. The van der Waals surface area contributed by atoms with E-state index in [2.05, 4.69) is 40.8 Å². The van der Waals surface area contributed by atoms with E-state index in [4.69, 9.17) is 0 Å². The average molecular weight is 617 g/mol. The van der Waals surface area contributed by atoms with Gasteiger partial charge in [0.05, 0.1) is 0 Å². The summed E-state index contributed by atoms with van der Waals surface area (Å²) < 4.78 is 0. The van der Waals surface area contributed by atoms with Crippen LogP contribution in [0.2, 0.25) is 0 Å². The van der Waals surface area contributed by atoms with Crippen molar-refractivity contribution >= 4 is 17.7 Å². The SMILES string of the molecule is O=C1C=CC(=CC=C2C=CN(CCCCCCCCCCC(=O)NCCCCCCCCCCCC(=O)[O-])C=C2)C=C1.[K+]. The van der Waals surface area contributed by atoms with E-state index in [-0.39, 0.29) is 69.5 Å². The van der Waals surface area contributed by atoms with E-state index in [0.717, 1.165) is 69.2 Å². The Labute approximate surface area is 303 Å². The van der Waals surface area contributed by atoms with Crippen molar-refractivity contribution in [3.63, 3.8) is 0 Å². The average Bonchev–Trinajstić information content (AvgIpc) is 2.98. The van der Waals surface area contributed by atoms with Crippen molar-refractivity contribution in [1.29, 1.82) is 0 Å². The molecule has 0 unspecified atom stereocenters. The standard InChI is InChI=1S/C36H54N2O4.K/c39-34-24-22-32(23-25-34)20-21-33-26-30-38(31-27-33)29-17-13-9-5-3-6-10-14-18-35(40)37-28-16-12-8-4-1-2-7-11-15-19-36(41)42;/h20-27,30-31H,1-19,28-29H2,(H,37,40)(H,41,42);/q;+1/p-1. The van der Waals surface area contributed by atoms with Gasteiger partial charge >= 0.3 is 51.4 Å². The number of hydrogen-bond donors (Lipinski definition) is 1. The van der Waals surface area contributed by atoms with Gasteiger partial charge in [0.1, 0.15) is 0 Å². The van der Waals surface area contributed by atoms with Crippen LogP contribution in [0.25, 0.3) is 0 Å². The van der Waals surface area contributed by atoms with Crippen molar-refractivity contribution in [2.24, 2.45) is 0 Å². The summed E-state index contributed by atoms with van der Waals surface area (Å²) in [5.41, 5.74) is 2.18. The molecular formula is C36H53KN2O4. The Kier molecular flexibility index (Phi) is 24.7. The van der Waals surface area contributed by atoms with Crippen LogP contribution in [0.5, 0.6) is 0 Å². The Morgan fingerprint density at radius 2 is 1.05 bits per heavy atom. The number of carboxylic acid groups (broad SMARTS) is 1. The van der Waals surface area contributed by atoms with Crippen molar-refractivity contribution in [3.8, 4) is 0 Å². The minimum Gasteiger partial charge on any atom is -0.550 e. The summed E-state index contributed by atoms with van der Waals surface area (Å²) in [6.07, 6.45) is 39.8. The Morgan fingerprint density at radius 3 is 1.58 bits per heavy atom. The van der Waals surface area contributed by atoms with Crippen LogP contribution in [0.15, 0.2) is 72.2 Å². The summed E-state index contributed by atoms with van der Waals surface area (Å²) in [5.74, 6) is -0.704. The van der Waals surface area contributed by atoms with E-state index < -0.39 is 5.97 Å². The fourth-order valence-corrected chi connectivity index (χ4v) is 5.09. The van der Waals surface area contributed by atoms with Gasteiger partial charge in [0.15, 0.2) is 5.78 Å². The van der Waals surface area contributed by atoms with E-state index >= 15 is 0 Å². The van der Waals surface area contributed by atoms with Gasteiger partial charge in [-0.3, -0.25) is 9.59 Å². The van der Waals surface area contributed by atoms with Gasteiger partial charge in [-0.1, -0.05) is 108 Å². The molecule has 0 radical (unpaired) electrons. The number of nitrogens with zero attached hydrogens (tertiary/aromatic N) is 1. The number of allylic oxidation sites excluding steroid dienone is 10. The van der Waals surface area contributed by atoms with Crippen LogP contribution in [-0.2, 0) is 14.4 Å². The fourth-order valence-electron chi connectivity index (χ4n) is 5.09. The smallest absolute Gasteiger partial charge is 0.550 e. The summed E-state index contributed by atoms with van der Waals surface area (Å²) in [6, 6.07) is 0. The molecule has 0 atom stereocenters. The van der Waals surface area contributed by atoms with Crippen LogP contribution >= 0.6 is 0 Å². The number of amides is 1. The largest absolute Gasteiger partial charge is 1.00 e. The Morgan fingerprint density at radius 1 is 0.605 bits per heavy atom. The van der Waals surface area contributed by atoms with Gasteiger partial charge in [0.25, 0.3) is 0 Å². The molecule has 1 aliphatic heterocycles. The van der Waals surface area contributed by atoms with Crippen LogP contribution in [-0.4, -0.2) is 35.6 Å². The van der Waals surface area contributed by atoms with Gasteiger partial charge in [-0.15, -0.1) is 0 Å². The fraction of sp³-hybridized carbons (Fsp3) is 0.583. The van der Waals surface area contributed by atoms with Crippen LogP contribution in [0.4, 0.5) is 0 Å². The molecule has 6 nitrogen and oxygen atoms in total. The van der Waals surface area contributed by atoms with Crippen molar-refractivity contribution in [2.45, 2.75) is 122 Å². The first kappa shape index (κ1) is 39.5. The third-order valence-corrected chi connectivity index (χ3v) is 7.72. The van der Waals surface area contributed by atoms with E-state index in [1.54, 1.807) is 12.2 Å². The van der Waals surface area contributed by atoms with Crippen molar-refractivity contribution in [1.82, 2.24) is 10.2 Å². The first-order chi connectivity index (χ1) is 20.5. The van der Waals surface area contributed by atoms with Gasteiger partial charge in [0.2, 0.25) is 5.91 Å². The number of carbonyl (C=O) groups excluding carboxylic acids is 3. The topological polar surface area (TPSA) is 89.5 Å². The molecule has 43 heavy (non-hydrogen) atoms. The molecule has 7 heteroatoms. The number of rotatable bonds is 24. The second-order valence-electron chi connectivity index (χ2n) is 11.5. The van der Waals surface area contributed by atoms with Crippen molar-refractivity contribution < 1.29 is 70.9 Å². The molecule has 232 valence electrons. The van der Waals surface area contributed by atoms with Crippen LogP contribution in [0, 0.1) is 0 Å². The van der Waals surface area contributed by atoms with Gasteiger partial charge in [-0.05, 0) is 67.6 Å².